The third kappa shape index (κ3) is 4.51. The van der Waals surface area contributed by atoms with Gasteiger partial charge in [-0.2, -0.15) is 41.4 Å². The van der Waals surface area contributed by atoms with E-state index in [0.717, 1.165) is 0 Å². The molecular weight excluding hydrogens is 490 g/mol. The number of hydrogen-bond acceptors (Lipinski definition) is 7. The number of anilines is 1. The van der Waals surface area contributed by atoms with Crippen molar-refractivity contribution in [3.8, 4) is 11.9 Å². The van der Waals surface area contributed by atoms with Gasteiger partial charge in [0.15, 0.2) is 11.6 Å². The summed E-state index contributed by atoms with van der Waals surface area (Å²) in [6.45, 7) is 2.98. The first-order valence-corrected chi connectivity index (χ1v) is 10.3. The quantitative estimate of drug-likeness (QED) is 0.359. The van der Waals surface area contributed by atoms with E-state index in [1.54, 1.807) is 6.92 Å². The van der Waals surface area contributed by atoms with Crippen LogP contribution in [-0.4, -0.2) is 36.8 Å². The Morgan fingerprint density at radius 3 is 2.33 bits per heavy atom. The number of pyridine rings is 1. The average Bonchev–Trinajstić information content (AvgIpc) is 3.30. The van der Waals surface area contributed by atoms with E-state index in [2.05, 4.69) is 25.0 Å². The van der Waals surface area contributed by atoms with Gasteiger partial charge in [0.2, 0.25) is 0 Å². The Kier molecular flexibility index (Phi) is 6.03. The van der Waals surface area contributed by atoms with Crippen molar-refractivity contribution in [3.63, 3.8) is 0 Å². The summed E-state index contributed by atoms with van der Waals surface area (Å²) in [6.07, 6.45) is -7.55. The molecule has 0 aliphatic heterocycles. The molecular formula is C22H16F6N8. The molecule has 1 unspecified atom stereocenters. The molecule has 0 spiro atoms. The predicted octanol–water partition coefficient (Wildman–Crippen LogP) is 5.02. The zero-order valence-corrected chi connectivity index (χ0v) is 18.9. The van der Waals surface area contributed by atoms with Crippen LogP contribution in [0.2, 0.25) is 0 Å². The lowest BCUT2D eigenvalue weighted by Crippen LogP contribution is -2.26. The van der Waals surface area contributed by atoms with Crippen LogP contribution in [0.1, 0.15) is 41.3 Å². The highest BCUT2D eigenvalue weighted by Gasteiger charge is 2.39. The van der Waals surface area contributed by atoms with Gasteiger partial charge in [0.1, 0.15) is 24.0 Å². The number of aromatic nitrogens is 6. The molecule has 1 atom stereocenters. The van der Waals surface area contributed by atoms with E-state index in [9.17, 15) is 26.3 Å². The summed E-state index contributed by atoms with van der Waals surface area (Å²) >= 11 is 0. The van der Waals surface area contributed by atoms with Crippen molar-refractivity contribution in [3.05, 3.63) is 65.1 Å². The molecule has 0 saturated carbocycles. The van der Waals surface area contributed by atoms with Gasteiger partial charge in [-0.1, -0.05) is 0 Å². The van der Waals surface area contributed by atoms with Crippen molar-refractivity contribution in [1.29, 1.82) is 5.26 Å². The third-order valence-corrected chi connectivity index (χ3v) is 5.48. The molecule has 4 aromatic rings. The summed E-state index contributed by atoms with van der Waals surface area (Å²) in [5.41, 5.74) is -3.31. The monoisotopic (exact) mass is 506 g/mol. The predicted molar refractivity (Wildman–Crippen MR) is 115 cm³/mol. The molecule has 3 heterocycles. The van der Waals surface area contributed by atoms with Crippen LogP contribution in [-0.2, 0) is 12.4 Å². The van der Waals surface area contributed by atoms with Crippen LogP contribution in [0.4, 0.5) is 32.2 Å². The maximum absolute atomic E-state index is 13.7. The normalized spacial score (nSPS) is 13.0. The Morgan fingerprint density at radius 2 is 1.75 bits per heavy atom. The minimum Gasteiger partial charge on any atom is -0.349 e. The molecule has 1 aromatic carbocycles. The lowest BCUT2D eigenvalue weighted by atomic mass is 10.0. The van der Waals surface area contributed by atoms with Crippen LogP contribution in [0.5, 0.6) is 0 Å². The molecule has 36 heavy (non-hydrogen) atoms. The first-order chi connectivity index (χ1) is 16.8. The average molecular weight is 506 g/mol. The maximum atomic E-state index is 13.7. The Hall–Kier alpha value is -4.28. The fraction of sp³-hybridized carbons (Fsp3) is 0.273. The number of aryl methyl sites for hydroxylation is 1. The smallest absolute Gasteiger partial charge is 0.349 e. The van der Waals surface area contributed by atoms with Crippen molar-refractivity contribution >= 4 is 16.7 Å². The van der Waals surface area contributed by atoms with E-state index in [1.165, 1.54) is 48.2 Å². The summed E-state index contributed by atoms with van der Waals surface area (Å²) in [6, 6.07) is 4.91. The van der Waals surface area contributed by atoms with Crippen LogP contribution in [0.3, 0.4) is 0 Å². The zero-order chi connectivity index (χ0) is 26.4. The lowest BCUT2D eigenvalue weighted by Gasteiger charge is -2.27. The first kappa shape index (κ1) is 24.8. The number of nitriles is 1. The van der Waals surface area contributed by atoms with Gasteiger partial charge in [0.05, 0.1) is 28.2 Å². The van der Waals surface area contributed by atoms with Gasteiger partial charge in [0, 0.05) is 18.6 Å². The van der Waals surface area contributed by atoms with E-state index in [1.807, 2.05) is 6.07 Å². The zero-order valence-electron chi connectivity index (χ0n) is 18.9. The second-order valence-corrected chi connectivity index (χ2v) is 7.84. The highest BCUT2D eigenvalue weighted by atomic mass is 19.4. The summed E-state index contributed by atoms with van der Waals surface area (Å²) in [5, 5.41) is 12.7. The van der Waals surface area contributed by atoms with Crippen LogP contribution in [0.15, 0.2) is 36.8 Å². The largest absolute Gasteiger partial charge is 0.418 e. The van der Waals surface area contributed by atoms with Crippen LogP contribution in [0, 0.1) is 18.3 Å². The van der Waals surface area contributed by atoms with Gasteiger partial charge >= 0.3 is 12.4 Å². The van der Waals surface area contributed by atoms with Crippen molar-refractivity contribution in [2.45, 2.75) is 32.2 Å². The maximum Gasteiger partial charge on any atom is 0.418 e. The van der Waals surface area contributed by atoms with E-state index in [0.29, 0.717) is 17.4 Å². The minimum absolute atomic E-state index is 0.0508. The van der Waals surface area contributed by atoms with Gasteiger partial charge < -0.3 is 4.90 Å². The molecule has 0 aliphatic rings. The Labute approximate surface area is 199 Å². The van der Waals surface area contributed by atoms with E-state index in [-0.39, 0.29) is 23.5 Å². The van der Waals surface area contributed by atoms with E-state index < -0.39 is 40.4 Å². The highest BCUT2D eigenvalue weighted by Crippen LogP contribution is 2.42. The molecule has 0 radical (unpaired) electrons. The summed E-state index contributed by atoms with van der Waals surface area (Å²) in [5.74, 6) is 0.382. The summed E-state index contributed by atoms with van der Waals surface area (Å²) in [4.78, 5) is 17.7. The van der Waals surface area contributed by atoms with Crippen molar-refractivity contribution in [2.75, 3.05) is 11.9 Å². The van der Waals surface area contributed by atoms with Crippen molar-refractivity contribution in [1.82, 2.24) is 29.7 Å². The van der Waals surface area contributed by atoms with E-state index >= 15 is 0 Å². The van der Waals surface area contributed by atoms with Gasteiger partial charge in [0.25, 0.3) is 0 Å². The van der Waals surface area contributed by atoms with Gasteiger partial charge in [-0.3, -0.25) is 0 Å². The molecule has 0 fully saturated rings. The van der Waals surface area contributed by atoms with E-state index in [4.69, 9.17) is 5.26 Å². The van der Waals surface area contributed by atoms with Gasteiger partial charge in [-0.05, 0) is 38.1 Å². The standard InChI is InChI=1S/C22H16F6N8/c1-11(19-31-10-32-36(19)17-5-4-13(8-29)9-30-17)35(3)20-15-6-14(21(23,24)25)7-16(22(26,27)28)18(15)33-12(2)34-20/h4-7,9-11H,1-3H3. The molecule has 14 heteroatoms. The second-order valence-electron chi connectivity index (χ2n) is 7.84. The van der Waals surface area contributed by atoms with Gasteiger partial charge in [-0.15, -0.1) is 0 Å². The number of benzene rings is 1. The fourth-order valence-electron chi connectivity index (χ4n) is 3.62. The molecule has 8 nitrogen and oxygen atoms in total. The number of halogens is 6. The van der Waals surface area contributed by atoms with Crippen LogP contribution >= 0.6 is 0 Å². The topological polar surface area (TPSA) is 96.4 Å². The molecule has 0 amide bonds. The second kappa shape index (κ2) is 8.74. The molecule has 0 aliphatic carbocycles. The summed E-state index contributed by atoms with van der Waals surface area (Å²) < 4.78 is 83.1. The summed E-state index contributed by atoms with van der Waals surface area (Å²) in [7, 11) is 1.46. The Bertz CT molecular complexity index is 1470. The molecule has 0 N–H and O–H groups in total. The number of fused-ring (bicyclic) bond motifs is 1. The number of rotatable bonds is 4. The Balaban J connectivity index is 1.87. The number of nitrogens with zero attached hydrogens (tertiary/aromatic N) is 8. The SMILES string of the molecule is Cc1nc(N(C)C(C)c2ncnn2-c2ccc(C#N)cn2)c2cc(C(F)(F)F)cc(C(F)(F)F)c2n1. The molecule has 3 aromatic heterocycles. The highest BCUT2D eigenvalue weighted by molar-refractivity contribution is 5.93. The fourth-order valence-corrected chi connectivity index (χ4v) is 3.62. The third-order valence-electron chi connectivity index (χ3n) is 5.48. The number of alkyl halides is 6. The Morgan fingerprint density at radius 1 is 1.03 bits per heavy atom. The molecule has 4 rings (SSSR count). The first-order valence-electron chi connectivity index (χ1n) is 10.3. The molecule has 0 bridgehead atoms. The lowest BCUT2D eigenvalue weighted by molar-refractivity contribution is -0.142. The van der Waals surface area contributed by atoms with Crippen LogP contribution in [0.25, 0.3) is 16.7 Å². The van der Waals surface area contributed by atoms with Crippen molar-refractivity contribution in [2.24, 2.45) is 0 Å². The van der Waals surface area contributed by atoms with Gasteiger partial charge in [-0.25, -0.2) is 19.9 Å². The van der Waals surface area contributed by atoms with Crippen molar-refractivity contribution < 1.29 is 26.3 Å². The minimum atomic E-state index is -5.08. The number of hydrogen-bond donors (Lipinski definition) is 0. The molecule has 0 saturated heterocycles. The molecule has 186 valence electrons. The van der Waals surface area contributed by atoms with Crippen LogP contribution < -0.4 is 4.90 Å².